The van der Waals surface area contributed by atoms with Crippen molar-refractivity contribution in [2.45, 2.75) is 39.7 Å². The van der Waals surface area contributed by atoms with Crippen LogP contribution in [0.1, 0.15) is 33.1 Å². The van der Waals surface area contributed by atoms with Crippen molar-refractivity contribution < 1.29 is 4.90 Å². The summed E-state index contributed by atoms with van der Waals surface area (Å²) < 4.78 is 1.87. The molecule has 0 fully saturated rings. The number of aromatic amines is 1. The van der Waals surface area contributed by atoms with Crippen LogP contribution in [0.2, 0.25) is 0 Å². The largest absolute Gasteiger partial charge is 0.335 e. The van der Waals surface area contributed by atoms with Crippen LogP contribution >= 0.6 is 0 Å². The summed E-state index contributed by atoms with van der Waals surface area (Å²) in [5.41, 5.74) is 1.97. The zero-order valence-corrected chi connectivity index (χ0v) is 12.6. The number of H-pyrrole nitrogens is 1. The first-order valence-corrected chi connectivity index (χ1v) is 7.77. The van der Waals surface area contributed by atoms with Gasteiger partial charge in [-0.2, -0.15) is 0 Å². The average molecular weight is 276 g/mol. The Morgan fingerprint density at radius 3 is 2.50 bits per heavy atom. The Hall–Kier alpha value is -1.55. The summed E-state index contributed by atoms with van der Waals surface area (Å²) in [4.78, 5) is 16.5. The highest BCUT2D eigenvalue weighted by Crippen LogP contribution is 2.08. The van der Waals surface area contributed by atoms with Crippen molar-refractivity contribution in [2.24, 2.45) is 0 Å². The first-order chi connectivity index (χ1) is 9.76. The fourth-order valence-corrected chi connectivity index (χ4v) is 2.90. The Bertz CT molecular complexity index is 579. The molecule has 0 aliphatic rings. The Labute approximate surface area is 120 Å². The number of imidazole rings is 1. The zero-order chi connectivity index (χ0) is 14.4. The Balaban J connectivity index is 1.98. The van der Waals surface area contributed by atoms with Crippen LogP contribution < -0.4 is 10.6 Å². The third-order valence-electron chi connectivity index (χ3n) is 3.80. The van der Waals surface area contributed by atoms with Gasteiger partial charge in [0.05, 0.1) is 30.7 Å². The van der Waals surface area contributed by atoms with E-state index in [9.17, 15) is 4.79 Å². The van der Waals surface area contributed by atoms with Gasteiger partial charge in [0.15, 0.2) is 0 Å². The zero-order valence-electron chi connectivity index (χ0n) is 12.6. The lowest BCUT2D eigenvalue weighted by Gasteiger charge is -2.18. The molecule has 0 unspecified atom stereocenters. The van der Waals surface area contributed by atoms with E-state index in [1.165, 1.54) is 25.9 Å². The maximum Gasteiger partial charge on any atom is 0.326 e. The van der Waals surface area contributed by atoms with Crippen molar-refractivity contribution in [2.75, 3.05) is 19.6 Å². The van der Waals surface area contributed by atoms with Crippen LogP contribution in [0.15, 0.2) is 29.1 Å². The minimum Gasteiger partial charge on any atom is -0.335 e. The van der Waals surface area contributed by atoms with E-state index in [1.54, 1.807) is 4.90 Å². The van der Waals surface area contributed by atoms with E-state index in [2.05, 4.69) is 18.8 Å². The van der Waals surface area contributed by atoms with E-state index in [1.807, 2.05) is 28.8 Å². The number of hydrogen-bond acceptors (Lipinski definition) is 1. The van der Waals surface area contributed by atoms with E-state index in [-0.39, 0.29) is 5.69 Å². The molecule has 0 aliphatic carbocycles. The van der Waals surface area contributed by atoms with E-state index in [4.69, 9.17) is 0 Å². The lowest BCUT2D eigenvalue weighted by Crippen LogP contribution is -3.12. The van der Waals surface area contributed by atoms with Crippen LogP contribution in [-0.2, 0) is 6.54 Å². The summed E-state index contributed by atoms with van der Waals surface area (Å²) in [5.74, 6) is 0. The number of nitrogens with zero attached hydrogens (tertiary/aromatic N) is 1. The van der Waals surface area contributed by atoms with Gasteiger partial charge in [-0.1, -0.05) is 26.0 Å². The molecule has 2 rings (SSSR count). The van der Waals surface area contributed by atoms with Crippen LogP contribution in [0.3, 0.4) is 0 Å². The number of benzene rings is 1. The van der Waals surface area contributed by atoms with Crippen molar-refractivity contribution in [3.63, 3.8) is 0 Å². The molecule has 0 bridgehead atoms. The van der Waals surface area contributed by atoms with Gasteiger partial charge in [0.1, 0.15) is 0 Å². The molecule has 0 saturated heterocycles. The molecule has 110 valence electrons. The topological polar surface area (TPSA) is 42.2 Å². The number of para-hydroxylation sites is 2. The molecule has 20 heavy (non-hydrogen) atoms. The lowest BCUT2D eigenvalue weighted by atomic mass is 10.3. The van der Waals surface area contributed by atoms with Gasteiger partial charge in [-0.3, -0.25) is 4.57 Å². The Morgan fingerprint density at radius 2 is 1.80 bits per heavy atom. The minimum atomic E-state index is 0.0127. The maximum absolute atomic E-state index is 12.0. The number of aryl methyl sites for hydroxylation is 1. The highest BCUT2D eigenvalue weighted by Gasteiger charge is 2.08. The van der Waals surface area contributed by atoms with Crippen molar-refractivity contribution >= 4 is 11.0 Å². The molecular weight excluding hydrogens is 250 g/mol. The van der Waals surface area contributed by atoms with Crippen LogP contribution in [0.4, 0.5) is 0 Å². The smallest absolute Gasteiger partial charge is 0.326 e. The van der Waals surface area contributed by atoms with Gasteiger partial charge in [0.25, 0.3) is 0 Å². The van der Waals surface area contributed by atoms with Crippen LogP contribution in [-0.4, -0.2) is 29.2 Å². The quantitative estimate of drug-likeness (QED) is 0.752. The second kappa shape index (κ2) is 7.29. The summed E-state index contributed by atoms with van der Waals surface area (Å²) in [5, 5.41) is 0. The third-order valence-corrected chi connectivity index (χ3v) is 3.80. The van der Waals surface area contributed by atoms with Crippen LogP contribution in [0.25, 0.3) is 11.0 Å². The Kier molecular flexibility index (Phi) is 5.41. The van der Waals surface area contributed by atoms with Crippen molar-refractivity contribution in [3.8, 4) is 0 Å². The summed E-state index contributed by atoms with van der Waals surface area (Å²) in [7, 11) is 0. The molecule has 1 heterocycles. The third kappa shape index (κ3) is 3.51. The van der Waals surface area contributed by atoms with Gasteiger partial charge in [-0.15, -0.1) is 0 Å². The molecule has 0 aliphatic heterocycles. The van der Waals surface area contributed by atoms with E-state index >= 15 is 0 Å². The second-order valence-corrected chi connectivity index (χ2v) is 5.45. The predicted molar refractivity (Wildman–Crippen MR) is 83.3 cm³/mol. The second-order valence-electron chi connectivity index (χ2n) is 5.45. The van der Waals surface area contributed by atoms with Crippen molar-refractivity contribution in [3.05, 3.63) is 34.7 Å². The highest BCUT2D eigenvalue weighted by atomic mass is 16.1. The summed E-state index contributed by atoms with van der Waals surface area (Å²) in [6, 6.07) is 7.91. The maximum atomic E-state index is 12.0. The number of rotatable bonds is 8. The van der Waals surface area contributed by atoms with Gasteiger partial charge in [0.2, 0.25) is 0 Å². The number of quaternary nitrogens is 1. The van der Waals surface area contributed by atoms with Crippen molar-refractivity contribution in [1.82, 2.24) is 9.55 Å². The Morgan fingerprint density at radius 1 is 1.10 bits per heavy atom. The van der Waals surface area contributed by atoms with E-state index < -0.39 is 0 Å². The molecule has 4 nitrogen and oxygen atoms in total. The predicted octanol–water partition coefficient (Wildman–Crippen LogP) is 1.42. The summed E-state index contributed by atoms with van der Waals surface area (Å²) in [6.07, 6.45) is 3.50. The molecule has 0 atom stereocenters. The first kappa shape index (κ1) is 14.9. The van der Waals surface area contributed by atoms with Crippen molar-refractivity contribution in [1.29, 1.82) is 0 Å². The fraction of sp³-hybridized carbons (Fsp3) is 0.562. The van der Waals surface area contributed by atoms with Gasteiger partial charge in [0, 0.05) is 13.0 Å². The standard InChI is InChI=1S/C16H25N3O/c1-3-10-18(11-4-2)12-7-13-19-15-9-6-5-8-14(15)17-16(19)20/h5-6,8-9H,3-4,7,10-13H2,1-2H3,(H,17,20)/p+1. The SMILES string of the molecule is CCC[NH+](CCC)CCCn1c(=O)[nH]c2ccccc21. The lowest BCUT2D eigenvalue weighted by molar-refractivity contribution is -0.900. The monoisotopic (exact) mass is 276 g/mol. The van der Waals surface area contributed by atoms with E-state index in [0.717, 1.165) is 30.5 Å². The molecular formula is C16H26N3O+. The molecule has 0 saturated carbocycles. The number of hydrogen-bond donors (Lipinski definition) is 2. The number of fused-ring (bicyclic) bond motifs is 1. The molecule has 1 aromatic heterocycles. The highest BCUT2D eigenvalue weighted by molar-refractivity contribution is 5.74. The molecule has 1 aromatic carbocycles. The number of nitrogens with one attached hydrogen (secondary N) is 2. The molecule has 0 spiro atoms. The molecule has 2 aromatic rings. The molecule has 0 radical (unpaired) electrons. The molecule has 2 N–H and O–H groups in total. The average Bonchev–Trinajstić information content (AvgIpc) is 2.76. The number of aromatic nitrogens is 2. The summed E-state index contributed by atoms with van der Waals surface area (Å²) in [6.45, 7) is 8.89. The fourth-order valence-electron chi connectivity index (χ4n) is 2.90. The van der Waals surface area contributed by atoms with Crippen LogP contribution in [0, 0.1) is 0 Å². The summed E-state index contributed by atoms with van der Waals surface area (Å²) >= 11 is 0. The van der Waals surface area contributed by atoms with Gasteiger partial charge in [-0.25, -0.2) is 4.79 Å². The normalized spacial score (nSPS) is 11.6. The van der Waals surface area contributed by atoms with Crippen LogP contribution in [0.5, 0.6) is 0 Å². The van der Waals surface area contributed by atoms with Gasteiger partial charge in [-0.05, 0) is 25.0 Å². The molecule has 0 amide bonds. The molecule has 4 heteroatoms. The van der Waals surface area contributed by atoms with E-state index in [0.29, 0.717) is 0 Å². The minimum absolute atomic E-state index is 0.0127. The first-order valence-electron chi connectivity index (χ1n) is 7.77. The van der Waals surface area contributed by atoms with Gasteiger partial charge < -0.3 is 9.88 Å². The van der Waals surface area contributed by atoms with Gasteiger partial charge >= 0.3 is 5.69 Å².